The molecule has 1 heterocycles. The molecule has 8 aliphatic carbocycles. The zero-order chi connectivity index (χ0) is 50.7. The smallest absolute Gasteiger partial charge is 0.193 e. The predicted octanol–water partition coefficient (Wildman–Crippen LogP) is 5.47. The van der Waals surface area contributed by atoms with Gasteiger partial charge in [-0.1, -0.05) is 45.1 Å². The summed E-state index contributed by atoms with van der Waals surface area (Å²) in [5.41, 5.74) is -16.1. The molecule has 7 fully saturated rings. The molecule has 12 nitrogen and oxygen atoms in total. The Bertz CT molecular complexity index is 2570. The van der Waals surface area contributed by atoms with E-state index in [-0.39, 0.29) is 54.6 Å². The average Bonchev–Trinajstić information content (AvgIpc) is 3.89. The van der Waals surface area contributed by atoms with Gasteiger partial charge in [0.1, 0.15) is 31.4 Å². The van der Waals surface area contributed by atoms with E-state index >= 15 is 17.6 Å². The highest BCUT2D eigenvalue weighted by atomic mass is 19.2. The molecular formula is C53H61F5O12. The molecule has 0 radical (unpaired) electrons. The van der Waals surface area contributed by atoms with Crippen LogP contribution in [0.3, 0.4) is 0 Å². The molecule has 1 aliphatic heterocycles. The zero-order valence-electron chi connectivity index (χ0n) is 39.7. The van der Waals surface area contributed by atoms with Gasteiger partial charge >= 0.3 is 0 Å². The largest absolute Gasteiger partial charge is 0.390 e. The van der Waals surface area contributed by atoms with Crippen molar-refractivity contribution in [1.29, 1.82) is 0 Å². The summed E-state index contributed by atoms with van der Waals surface area (Å²) in [6.07, 6.45) is -7.23. The molecule has 5 N–H and O–H groups in total. The zero-order valence-corrected chi connectivity index (χ0v) is 39.7. The van der Waals surface area contributed by atoms with E-state index in [0.29, 0.717) is 0 Å². The van der Waals surface area contributed by atoms with Crippen molar-refractivity contribution < 1.29 is 80.9 Å². The number of allylic oxidation sites excluding steroid dienone is 8. The summed E-state index contributed by atoms with van der Waals surface area (Å²) in [6.45, 7) is 5.31. The number of ketones is 4. The molecule has 1 saturated heterocycles. The summed E-state index contributed by atoms with van der Waals surface area (Å²) < 4.78 is 103. The number of alkyl halides is 4. The molecule has 10 rings (SSSR count). The van der Waals surface area contributed by atoms with Crippen LogP contribution in [0, 0.1) is 57.1 Å². The Labute approximate surface area is 402 Å². The maximum absolute atomic E-state index is 18.7. The molecule has 0 bridgehead atoms. The monoisotopic (exact) mass is 984 g/mol. The van der Waals surface area contributed by atoms with Gasteiger partial charge < -0.3 is 39.7 Å². The van der Waals surface area contributed by atoms with Crippen molar-refractivity contribution in [3.05, 3.63) is 82.7 Å². The molecule has 17 heteroatoms. The fourth-order valence-electron chi connectivity index (χ4n) is 16.4. The highest BCUT2D eigenvalue weighted by molar-refractivity contribution is 6.06. The van der Waals surface area contributed by atoms with E-state index in [2.05, 4.69) is 0 Å². The van der Waals surface area contributed by atoms with Gasteiger partial charge in [-0.05, 0) is 124 Å². The van der Waals surface area contributed by atoms with Crippen LogP contribution in [0.1, 0.15) is 91.4 Å². The summed E-state index contributed by atoms with van der Waals surface area (Å²) in [7, 11) is 0. The van der Waals surface area contributed by atoms with Crippen LogP contribution in [0.25, 0.3) is 0 Å². The van der Waals surface area contributed by atoms with Gasteiger partial charge in [0.2, 0.25) is 0 Å². The SMILES string of the molecule is CC(CO[C@@H]1C[C@H]2[C@@H]3C[C@H](F)C4=CC(=O)C=C[C@]4(C)[C@@]3(F)[C@@H](O)C[C@]2(C)[C@@]1(O)C(=O)CO)CC1=C[C@@]2(C)C(=CC1=O)[C@@H](F)C[C@H]1[C@@H]3C[C@H]4O[C@@H](c5cccc(F)c5)O[C@@]4(C(=O)CO)[C@@]3(C)C[C@H](O)[C@@]12F. The van der Waals surface area contributed by atoms with Crippen LogP contribution in [-0.4, -0.2) is 128 Å². The first-order chi connectivity index (χ1) is 32.8. The quantitative estimate of drug-likeness (QED) is 0.186. The minimum absolute atomic E-state index is 0.0229. The number of carbonyl (C=O) groups is 4. The number of aliphatic hydroxyl groups excluding tert-OH is 4. The van der Waals surface area contributed by atoms with Gasteiger partial charge in [0.25, 0.3) is 0 Å². The van der Waals surface area contributed by atoms with Crippen molar-refractivity contribution in [2.45, 2.75) is 145 Å². The number of fused-ring (bicyclic) bond motifs is 12. The Balaban J connectivity index is 0.914. The molecule has 1 aromatic rings. The van der Waals surface area contributed by atoms with Gasteiger partial charge in [0.05, 0.1) is 24.4 Å². The van der Waals surface area contributed by atoms with E-state index in [4.69, 9.17) is 14.2 Å². The molecule has 1 unspecified atom stereocenters. The maximum atomic E-state index is 18.7. The standard InChI is InChI=1S/C53H61F5O12/c1-25(24-68-43-17-30-32-14-36(55)34-13-29(61)9-10-46(34,2)50(32,57)39(63)20-48(30,4)52(43,67)41(65)22-59)11-27-19-47(3)35(16-38(27)62)37(56)15-33-31-18-44-53(42(66)23-60,49(31,5)21-40(64)51(33,47)58)70-45(69-44)26-7-6-8-28(54)12-26/h6-10,12-13,16,19,25,30-33,36-37,39-40,43-45,59-60,63-64,67H,11,14-15,17-18,20-24H2,1-5H3/t25?,30-,31-,32-,33-,36-,37-,39-,40-,43+,44+,45+,46-,47-,48-,49-,50-,51-,52+,53+/m0/s1. The molecule has 0 amide bonds. The second-order valence-electron chi connectivity index (χ2n) is 22.9. The fraction of sp³-hybridized carbons (Fsp3) is 0.660. The van der Waals surface area contributed by atoms with E-state index in [1.54, 1.807) is 19.9 Å². The fourth-order valence-corrected chi connectivity index (χ4v) is 16.4. The van der Waals surface area contributed by atoms with Crippen molar-refractivity contribution in [2.75, 3.05) is 19.8 Å². The summed E-state index contributed by atoms with van der Waals surface area (Å²) in [5, 5.41) is 57.0. The van der Waals surface area contributed by atoms with Gasteiger partial charge in [0, 0.05) is 45.7 Å². The first-order valence-electron chi connectivity index (χ1n) is 24.4. The molecule has 1 aromatic carbocycles. The summed E-state index contributed by atoms with van der Waals surface area (Å²) in [6, 6.07) is 5.40. The number of Topliss-reactive ketones (excluding diaryl/α,β-unsaturated/α-hetero) is 2. The van der Waals surface area contributed by atoms with E-state index < -0.39 is 178 Å². The topological polar surface area (TPSA) is 197 Å². The lowest BCUT2D eigenvalue weighted by molar-refractivity contribution is -0.235. The summed E-state index contributed by atoms with van der Waals surface area (Å²) in [5.74, 6) is -8.49. The van der Waals surface area contributed by atoms with E-state index in [9.17, 15) is 49.1 Å². The number of ether oxygens (including phenoxy) is 3. The molecule has 70 heavy (non-hydrogen) atoms. The average molecular weight is 985 g/mol. The van der Waals surface area contributed by atoms with Gasteiger partial charge in [-0.25, -0.2) is 22.0 Å². The van der Waals surface area contributed by atoms with Crippen molar-refractivity contribution in [1.82, 2.24) is 0 Å². The third-order valence-electron chi connectivity index (χ3n) is 19.8. The molecule has 0 aromatic heterocycles. The lowest BCUT2D eigenvalue weighted by Crippen LogP contribution is -2.71. The van der Waals surface area contributed by atoms with Crippen molar-refractivity contribution in [2.24, 2.45) is 51.2 Å². The van der Waals surface area contributed by atoms with Gasteiger partial charge in [-0.15, -0.1) is 0 Å². The molecule has 20 atom stereocenters. The minimum atomic E-state index is -2.61. The first-order valence-corrected chi connectivity index (χ1v) is 24.4. The Morgan fingerprint density at radius 3 is 2.06 bits per heavy atom. The van der Waals surface area contributed by atoms with Crippen LogP contribution in [0.2, 0.25) is 0 Å². The van der Waals surface area contributed by atoms with E-state index in [0.717, 1.165) is 18.2 Å². The lowest BCUT2D eigenvalue weighted by Gasteiger charge is -2.63. The number of hydrogen-bond acceptors (Lipinski definition) is 12. The van der Waals surface area contributed by atoms with Crippen LogP contribution in [0.15, 0.2) is 71.4 Å². The Morgan fingerprint density at radius 1 is 0.829 bits per heavy atom. The predicted molar refractivity (Wildman–Crippen MR) is 237 cm³/mol. The van der Waals surface area contributed by atoms with Gasteiger partial charge in [-0.3, -0.25) is 19.2 Å². The number of carbonyl (C=O) groups excluding carboxylic acids is 4. The molecule has 9 aliphatic rings. The first kappa shape index (κ1) is 49.8. The third-order valence-corrected chi connectivity index (χ3v) is 19.8. The van der Waals surface area contributed by atoms with E-state index in [1.807, 2.05) is 0 Å². The number of hydrogen-bond donors (Lipinski definition) is 5. The lowest BCUT2D eigenvalue weighted by atomic mass is 9.44. The maximum Gasteiger partial charge on any atom is 0.193 e. The van der Waals surface area contributed by atoms with Crippen molar-refractivity contribution in [3.63, 3.8) is 0 Å². The Hall–Kier alpha value is -3.81. The number of rotatable bonds is 10. The van der Waals surface area contributed by atoms with Crippen LogP contribution < -0.4 is 0 Å². The number of aliphatic hydroxyl groups is 5. The second kappa shape index (κ2) is 16.1. The molecule has 380 valence electrons. The van der Waals surface area contributed by atoms with Crippen molar-refractivity contribution in [3.8, 4) is 0 Å². The summed E-state index contributed by atoms with van der Waals surface area (Å²) in [4.78, 5) is 53.9. The van der Waals surface area contributed by atoms with Crippen LogP contribution in [0.4, 0.5) is 22.0 Å². The molecule has 0 spiro atoms. The van der Waals surface area contributed by atoms with Gasteiger partial charge in [0.15, 0.2) is 52.0 Å². The van der Waals surface area contributed by atoms with E-state index in [1.165, 1.54) is 51.1 Å². The second-order valence-corrected chi connectivity index (χ2v) is 22.9. The van der Waals surface area contributed by atoms with Crippen molar-refractivity contribution >= 4 is 23.1 Å². The Kier molecular flexibility index (Phi) is 11.4. The highest BCUT2D eigenvalue weighted by Crippen LogP contribution is 2.74. The molecular weight excluding hydrogens is 924 g/mol. The van der Waals surface area contributed by atoms with Crippen LogP contribution in [0.5, 0.6) is 0 Å². The summed E-state index contributed by atoms with van der Waals surface area (Å²) >= 11 is 0. The normalized spacial score (nSPS) is 49.2. The minimum Gasteiger partial charge on any atom is -0.390 e. The van der Waals surface area contributed by atoms with Crippen LogP contribution >= 0.6 is 0 Å². The van der Waals surface area contributed by atoms with Crippen LogP contribution in [-0.2, 0) is 33.4 Å². The molecule has 6 saturated carbocycles. The number of benzene rings is 1. The third kappa shape index (κ3) is 6.09. The number of halogens is 5. The van der Waals surface area contributed by atoms with Gasteiger partial charge in [-0.2, -0.15) is 0 Å². The highest BCUT2D eigenvalue weighted by Gasteiger charge is 2.81. The Morgan fingerprint density at radius 2 is 1.43 bits per heavy atom.